The summed E-state index contributed by atoms with van der Waals surface area (Å²) in [4.78, 5) is 32.2. The van der Waals surface area contributed by atoms with Crippen molar-refractivity contribution in [1.29, 1.82) is 0 Å². The largest absolute Gasteiger partial charge is 0.493 e. The Kier molecular flexibility index (Phi) is 8.47. The first kappa shape index (κ1) is 27.7. The van der Waals surface area contributed by atoms with Gasteiger partial charge in [0.25, 0.3) is 5.91 Å². The molecular weight excluding hydrogens is 522 g/mol. The zero-order chi connectivity index (χ0) is 28.8. The van der Waals surface area contributed by atoms with Gasteiger partial charge >= 0.3 is 0 Å². The van der Waals surface area contributed by atoms with Crippen molar-refractivity contribution < 1.29 is 23.5 Å². The number of hydrogen-bond donors (Lipinski definition) is 0. The Morgan fingerprint density at radius 1 is 0.902 bits per heavy atom. The van der Waals surface area contributed by atoms with Crippen LogP contribution in [0.5, 0.6) is 11.5 Å². The van der Waals surface area contributed by atoms with Crippen LogP contribution < -0.4 is 14.4 Å². The molecule has 10 heteroatoms. The molecule has 4 aromatic rings. The number of rotatable bonds is 9. The first-order valence-electron chi connectivity index (χ1n) is 13.5. The van der Waals surface area contributed by atoms with Crippen molar-refractivity contribution >= 4 is 17.6 Å². The molecule has 0 spiro atoms. The van der Waals surface area contributed by atoms with Gasteiger partial charge in [0.1, 0.15) is 6.54 Å². The molecule has 1 fully saturated rings. The van der Waals surface area contributed by atoms with Crippen LogP contribution in [0.4, 0.5) is 5.82 Å². The van der Waals surface area contributed by atoms with E-state index in [1.807, 2.05) is 67.6 Å². The van der Waals surface area contributed by atoms with Crippen LogP contribution >= 0.6 is 0 Å². The fraction of sp³-hybridized carbons (Fsp3) is 0.290. The molecule has 0 aliphatic carbocycles. The number of anilines is 1. The predicted octanol–water partition coefficient (Wildman–Crippen LogP) is 4.31. The number of ether oxygens (including phenoxy) is 2. The van der Waals surface area contributed by atoms with Crippen LogP contribution in [0.15, 0.2) is 83.5 Å². The Balaban J connectivity index is 1.22. The molecule has 1 aliphatic rings. The molecule has 5 rings (SSSR count). The van der Waals surface area contributed by atoms with Gasteiger partial charge in [0.2, 0.25) is 5.91 Å². The predicted molar refractivity (Wildman–Crippen MR) is 154 cm³/mol. The van der Waals surface area contributed by atoms with E-state index in [1.165, 1.54) is 6.26 Å². The Morgan fingerprint density at radius 2 is 1.66 bits per heavy atom. The van der Waals surface area contributed by atoms with Crippen LogP contribution in [0.25, 0.3) is 11.3 Å². The number of amides is 2. The molecule has 2 aromatic heterocycles. The maximum atomic E-state index is 13.4. The van der Waals surface area contributed by atoms with E-state index in [4.69, 9.17) is 13.9 Å². The molecule has 1 unspecified atom stereocenters. The number of hydrogen-bond acceptors (Lipinski definition) is 8. The summed E-state index contributed by atoms with van der Waals surface area (Å²) in [6, 6.07) is 22.1. The second-order valence-electron chi connectivity index (χ2n) is 9.71. The number of nitrogens with zero attached hydrogens (tertiary/aromatic N) is 5. The van der Waals surface area contributed by atoms with Crippen LogP contribution in [0, 0.1) is 0 Å². The van der Waals surface area contributed by atoms with Gasteiger partial charge in [-0.05, 0) is 55.0 Å². The van der Waals surface area contributed by atoms with E-state index < -0.39 is 0 Å². The summed E-state index contributed by atoms with van der Waals surface area (Å²) >= 11 is 0. The van der Waals surface area contributed by atoms with Gasteiger partial charge in [-0.25, -0.2) is 0 Å². The number of aromatic nitrogens is 2. The minimum absolute atomic E-state index is 0.0462. The fourth-order valence-electron chi connectivity index (χ4n) is 4.91. The van der Waals surface area contributed by atoms with Gasteiger partial charge in [-0.1, -0.05) is 30.3 Å². The van der Waals surface area contributed by atoms with Gasteiger partial charge in [-0.3, -0.25) is 9.59 Å². The molecule has 0 radical (unpaired) electrons. The number of carbonyl (C=O) groups excluding carboxylic acids is 2. The lowest BCUT2D eigenvalue weighted by Gasteiger charge is -2.37. The number of methoxy groups -OCH3 is 2. The third-order valence-electron chi connectivity index (χ3n) is 7.33. The second kappa shape index (κ2) is 12.5. The van der Waals surface area contributed by atoms with Gasteiger partial charge in [0.15, 0.2) is 23.1 Å². The lowest BCUT2D eigenvalue weighted by Crippen LogP contribution is -2.52. The first-order valence-corrected chi connectivity index (χ1v) is 13.5. The molecule has 1 atom stereocenters. The van der Waals surface area contributed by atoms with Crippen LogP contribution in [0.3, 0.4) is 0 Å². The summed E-state index contributed by atoms with van der Waals surface area (Å²) in [5.41, 5.74) is 2.54. The van der Waals surface area contributed by atoms with Gasteiger partial charge in [-0.15, -0.1) is 10.2 Å². The van der Waals surface area contributed by atoms with Gasteiger partial charge in [-0.2, -0.15) is 0 Å². The molecule has 0 bridgehead atoms. The highest BCUT2D eigenvalue weighted by atomic mass is 16.5. The van der Waals surface area contributed by atoms with Crippen molar-refractivity contribution in [3.8, 4) is 22.8 Å². The minimum atomic E-state index is -0.316. The van der Waals surface area contributed by atoms with E-state index >= 15 is 0 Å². The second-order valence-corrected chi connectivity index (χ2v) is 9.71. The standard InChI is InChI=1S/C31H33N5O5/c1-22(23-8-5-4-6-9-23)36(31(38)27-10-7-19-41-27)21-30(37)35-17-15-34(16-18-35)29-14-12-25(32-33-29)24-11-13-26(39-2)28(20-24)40-3/h4-14,19-20,22H,15-18,21H2,1-3H3. The zero-order valence-corrected chi connectivity index (χ0v) is 23.4. The maximum absolute atomic E-state index is 13.4. The van der Waals surface area contributed by atoms with Crippen LogP contribution in [0.1, 0.15) is 29.1 Å². The van der Waals surface area contributed by atoms with Crippen LogP contribution in [0.2, 0.25) is 0 Å². The summed E-state index contributed by atoms with van der Waals surface area (Å²) in [6.45, 7) is 4.12. The maximum Gasteiger partial charge on any atom is 0.290 e. The molecule has 1 saturated heterocycles. The SMILES string of the molecule is COc1ccc(-c2ccc(N3CCN(C(=O)CN(C(=O)c4ccco4)C(C)c4ccccc4)CC3)nn2)cc1OC. The highest BCUT2D eigenvalue weighted by molar-refractivity contribution is 5.94. The number of furan rings is 1. The van der Waals surface area contributed by atoms with Crippen molar-refractivity contribution in [1.82, 2.24) is 20.0 Å². The quantitative estimate of drug-likeness (QED) is 0.301. The number of carbonyl (C=O) groups is 2. The molecule has 1 aliphatic heterocycles. The van der Waals surface area contributed by atoms with Crippen molar-refractivity contribution in [2.45, 2.75) is 13.0 Å². The molecule has 10 nitrogen and oxygen atoms in total. The molecule has 0 N–H and O–H groups in total. The lowest BCUT2D eigenvalue weighted by molar-refractivity contribution is -0.132. The molecule has 2 aromatic carbocycles. The molecule has 3 heterocycles. The van der Waals surface area contributed by atoms with E-state index in [0.29, 0.717) is 37.7 Å². The van der Waals surface area contributed by atoms with E-state index in [-0.39, 0.29) is 30.2 Å². The van der Waals surface area contributed by atoms with Gasteiger partial charge in [0.05, 0.1) is 32.2 Å². The molecule has 0 saturated carbocycles. The normalized spacial score (nSPS) is 13.9. The highest BCUT2D eigenvalue weighted by Crippen LogP contribution is 2.31. The number of piperazine rings is 1. The van der Waals surface area contributed by atoms with Crippen molar-refractivity contribution in [2.75, 3.05) is 51.8 Å². The van der Waals surface area contributed by atoms with Crippen molar-refractivity contribution in [3.05, 3.63) is 90.4 Å². The summed E-state index contributed by atoms with van der Waals surface area (Å²) < 4.78 is 16.1. The van der Waals surface area contributed by atoms with Crippen molar-refractivity contribution in [2.24, 2.45) is 0 Å². The fourth-order valence-corrected chi connectivity index (χ4v) is 4.91. The average Bonchev–Trinajstić information content (AvgIpc) is 3.58. The van der Waals surface area contributed by atoms with Crippen LogP contribution in [-0.2, 0) is 4.79 Å². The third kappa shape index (κ3) is 6.16. The molecule has 212 valence electrons. The van der Waals surface area contributed by atoms with Gasteiger partial charge < -0.3 is 28.6 Å². The Morgan fingerprint density at radius 3 is 2.29 bits per heavy atom. The van der Waals surface area contributed by atoms with E-state index in [2.05, 4.69) is 15.1 Å². The van der Waals surface area contributed by atoms with E-state index in [9.17, 15) is 9.59 Å². The molecule has 2 amide bonds. The minimum Gasteiger partial charge on any atom is -0.493 e. The van der Waals surface area contributed by atoms with Crippen molar-refractivity contribution in [3.63, 3.8) is 0 Å². The topological polar surface area (TPSA) is 101 Å². The highest BCUT2D eigenvalue weighted by Gasteiger charge is 2.30. The number of benzene rings is 2. The van der Waals surface area contributed by atoms with Gasteiger partial charge in [0, 0.05) is 31.7 Å². The Hall–Kier alpha value is -4.86. The average molecular weight is 556 g/mol. The monoisotopic (exact) mass is 555 g/mol. The van der Waals surface area contributed by atoms with Crippen LogP contribution in [-0.4, -0.2) is 78.8 Å². The lowest BCUT2D eigenvalue weighted by atomic mass is 10.1. The smallest absolute Gasteiger partial charge is 0.290 e. The van der Waals surface area contributed by atoms with E-state index in [0.717, 1.165) is 22.6 Å². The summed E-state index contributed by atoms with van der Waals surface area (Å²) in [6.07, 6.45) is 1.46. The summed E-state index contributed by atoms with van der Waals surface area (Å²) in [5.74, 6) is 1.80. The van der Waals surface area contributed by atoms with E-state index in [1.54, 1.807) is 36.2 Å². The molecular formula is C31H33N5O5. The Labute approximate surface area is 239 Å². The molecule has 41 heavy (non-hydrogen) atoms. The summed E-state index contributed by atoms with van der Waals surface area (Å²) in [5, 5.41) is 8.86. The Bertz CT molecular complexity index is 1450. The zero-order valence-electron chi connectivity index (χ0n) is 23.4. The summed E-state index contributed by atoms with van der Waals surface area (Å²) in [7, 11) is 3.19. The first-order chi connectivity index (χ1) is 20.0. The third-order valence-corrected chi connectivity index (χ3v) is 7.33.